The van der Waals surface area contributed by atoms with E-state index in [9.17, 15) is 14.4 Å². The van der Waals surface area contributed by atoms with Gasteiger partial charge in [0.05, 0.1) is 0 Å². The van der Waals surface area contributed by atoms with Crippen molar-refractivity contribution in [1.29, 1.82) is 0 Å². The van der Waals surface area contributed by atoms with Gasteiger partial charge in [-0.2, -0.15) is 0 Å². The number of carbonyl (C=O) groups excluding carboxylic acids is 3. The summed E-state index contributed by atoms with van der Waals surface area (Å²) in [6.07, 6.45) is 13.2. The number of carbonyl (C=O) groups is 3. The van der Waals surface area contributed by atoms with Gasteiger partial charge in [-0.05, 0) is 129 Å². The van der Waals surface area contributed by atoms with Crippen LogP contribution in [0, 0.1) is 68.5 Å². The molecular formula is C39H64O4. The lowest BCUT2D eigenvalue weighted by Gasteiger charge is -2.73. The number of hydrogen-bond donors (Lipinski definition) is 0. The first-order chi connectivity index (χ1) is 20.0. The van der Waals surface area contributed by atoms with Gasteiger partial charge < -0.3 is 4.74 Å². The minimum atomic E-state index is -0.227. The normalized spacial score (nSPS) is 45.7. The highest BCUT2D eigenvalue weighted by molar-refractivity contribution is 5.90. The van der Waals surface area contributed by atoms with E-state index in [4.69, 9.17) is 4.74 Å². The zero-order valence-corrected chi connectivity index (χ0v) is 29.4. The van der Waals surface area contributed by atoms with Gasteiger partial charge in [0.15, 0.2) is 0 Å². The third kappa shape index (κ3) is 4.83. The number of ether oxygens (including phenoxy) is 1. The van der Waals surface area contributed by atoms with Crippen LogP contribution in [-0.2, 0) is 19.1 Å². The number of hydrogen-bond acceptors (Lipinski definition) is 4. The van der Waals surface area contributed by atoms with Gasteiger partial charge in [0, 0.05) is 29.6 Å². The summed E-state index contributed by atoms with van der Waals surface area (Å²) < 4.78 is 6.17. The van der Waals surface area contributed by atoms with Crippen molar-refractivity contribution < 1.29 is 19.1 Å². The number of ketones is 2. The number of Topliss-reactive ketones (excluding diaryl/α,β-unsaturated/α-hetero) is 2. The van der Waals surface area contributed by atoms with E-state index < -0.39 is 0 Å². The molecule has 5 unspecified atom stereocenters. The average Bonchev–Trinajstić information content (AvgIpc) is 3.32. The highest BCUT2D eigenvalue weighted by Crippen LogP contribution is 2.77. The lowest BCUT2D eigenvalue weighted by molar-refractivity contribution is -0.250. The number of rotatable bonds is 8. The molecule has 0 spiro atoms. The van der Waals surface area contributed by atoms with Crippen LogP contribution in [0.15, 0.2) is 0 Å². The Morgan fingerprint density at radius 3 is 2.12 bits per heavy atom. The summed E-state index contributed by atoms with van der Waals surface area (Å²) in [5.41, 5.74) is 0.457. The lowest BCUT2D eigenvalue weighted by atomic mass is 9.32. The molecule has 0 aromatic heterocycles. The molecule has 0 bridgehead atoms. The van der Waals surface area contributed by atoms with Crippen LogP contribution in [0.5, 0.6) is 0 Å². The molecule has 4 nitrogen and oxygen atoms in total. The number of fused-ring (bicyclic) bond motifs is 7. The Labute approximate surface area is 263 Å². The first-order valence-corrected chi connectivity index (χ1v) is 18.2. The Balaban J connectivity index is 1.47. The van der Waals surface area contributed by atoms with E-state index in [1.165, 1.54) is 32.1 Å². The van der Waals surface area contributed by atoms with Crippen molar-refractivity contribution in [2.45, 2.75) is 159 Å². The molecule has 0 N–H and O–H groups in total. The molecule has 0 radical (unpaired) electrons. The predicted molar refractivity (Wildman–Crippen MR) is 173 cm³/mol. The van der Waals surface area contributed by atoms with E-state index in [1.807, 2.05) is 6.92 Å². The minimum absolute atomic E-state index is 0.0184. The van der Waals surface area contributed by atoms with Gasteiger partial charge in [0.2, 0.25) is 0 Å². The zero-order chi connectivity index (χ0) is 31.8. The molecule has 0 aromatic rings. The summed E-state index contributed by atoms with van der Waals surface area (Å²) in [5, 5.41) is 0. The molecule has 5 aliphatic rings. The van der Waals surface area contributed by atoms with E-state index in [1.54, 1.807) is 6.92 Å². The summed E-state index contributed by atoms with van der Waals surface area (Å²) in [7, 11) is 0. The van der Waals surface area contributed by atoms with Crippen molar-refractivity contribution >= 4 is 17.5 Å². The Bertz CT molecular complexity index is 1110. The predicted octanol–water partition coefficient (Wildman–Crippen LogP) is 9.62. The topological polar surface area (TPSA) is 60.4 Å². The second-order valence-corrected chi connectivity index (χ2v) is 18.0. The summed E-state index contributed by atoms with van der Waals surface area (Å²) in [4.78, 5) is 39.1. The van der Waals surface area contributed by atoms with Crippen LogP contribution in [0.25, 0.3) is 0 Å². The largest absolute Gasteiger partial charge is 0.462 e. The Morgan fingerprint density at radius 1 is 0.791 bits per heavy atom. The summed E-state index contributed by atoms with van der Waals surface area (Å²) in [5.74, 6) is 3.79. The smallest absolute Gasteiger partial charge is 0.306 e. The first-order valence-electron chi connectivity index (χ1n) is 18.2. The van der Waals surface area contributed by atoms with Crippen LogP contribution in [0.1, 0.15) is 153 Å². The van der Waals surface area contributed by atoms with Crippen molar-refractivity contribution in [1.82, 2.24) is 0 Å². The average molecular weight is 597 g/mol. The van der Waals surface area contributed by atoms with Crippen LogP contribution in [0.3, 0.4) is 0 Å². The second kappa shape index (κ2) is 11.3. The van der Waals surface area contributed by atoms with E-state index in [0.717, 1.165) is 38.5 Å². The highest BCUT2D eigenvalue weighted by Gasteiger charge is 2.72. The van der Waals surface area contributed by atoms with Gasteiger partial charge in [0.25, 0.3) is 0 Å². The Kier molecular flexibility index (Phi) is 8.68. The SMILES string of the molecule is CCCC(=O)O[C@@H]1CC[C@@]2(C)C(CC[C@]3(C)C2CCC2C4C(C(C)C)CC[C@]4(C(=O)C[C@H](C)C(C)=O)CC[C@]23C)C1(C)C. The highest BCUT2D eigenvalue weighted by atomic mass is 16.5. The van der Waals surface area contributed by atoms with Crippen molar-refractivity contribution in [3.8, 4) is 0 Å². The van der Waals surface area contributed by atoms with E-state index >= 15 is 0 Å². The van der Waals surface area contributed by atoms with Crippen LogP contribution in [-0.4, -0.2) is 23.6 Å². The van der Waals surface area contributed by atoms with Gasteiger partial charge in [-0.1, -0.05) is 62.3 Å². The van der Waals surface area contributed by atoms with Crippen LogP contribution >= 0.6 is 0 Å². The van der Waals surface area contributed by atoms with E-state index in [2.05, 4.69) is 55.4 Å². The molecule has 0 heterocycles. The lowest BCUT2D eigenvalue weighted by Crippen LogP contribution is -2.67. The van der Waals surface area contributed by atoms with Crippen molar-refractivity contribution in [3.63, 3.8) is 0 Å². The molecule has 5 fully saturated rings. The van der Waals surface area contributed by atoms with Crippen LogP contribution in [0.4, 0.5) is 0 Å². The third-order valence-electron chi connectivity index (χ3n) is 15.7. The van der Waals surface area contributed by atoms with Crippen LogP contribution < -0.4 is 0 Å². The van der Waals surface area contributed by atoms with E-state index in [0.29, 0.717) is 54.1 Å². The Hall–Kier alpha value is -1.19. The molecule has 0 saturated heterocycles. The molecule has 0 aromatic carbocycles. The molecule has 43 heavy (non-hydrogen) atoms. The van der Waals surface area contributed by atoms with Crippen LogP contribution in [0.2, 0.25) is 0 Å². The fraction of sp³-hybridized carbons (Fsp3) is 0.923. The molecule has 5 saturated carbocycles. The third-order valence-corrected chi connectivity index (χ3v) is 15.7. The van der Waals surface area contributed by atoms with Gasteiger partial charge in [0.1, 0.15) is 17.7 Å². The molecule has 0 amide bonds. The maximum Gasteiger partial charge on any atom is 0.306 e. The molecule has 244 valence electrons. The fourth-order valence-electron chi connectivity index (χ4n) is 13.1. The number of esters is 1. The fourth-order valence-corrected chi connectivity index (χ4v) is 13.1. The molecule has 0 aliphatic heterocycles. The summed E-state index contributed by atoms with van der Waals surface area (Å²) in [6.45, 7) is 23.2. The monoisotopic (exact) mass is 596 g/mol. The quantitative estimate of drug-likeness (QED) is 0.262. The van der Waals surface area contributed by atoms with Crippen molar-refractivity contribution in [2.24, 2.45) is 68.5 Å². The van der Waals surface area contributed by atoms with Gasteiger partial charge in [-0.3, -0.25) is 14.4 Å². The molecular weight excluding hydrogens is 532 g/mol. The van der Waals surface area contributed by atoms with Gasteiger partial charge in [-0.15, -0.1) is 0 Å². The first kappa shape index (κ1) is 33.2. The minimum Gasteiger partial charge on any atom is -0.462 e. The summed E-state index contributed by atoms with van der Waals surface area (Å²) in [6, 6.07) is 0. The molecule has 5 aliphatic carbocycles. The van der Waals surface area contributed by atoms with Gasteiger partial charge in [-0.25, -0.2) is 0 Å². The van der Waals surface area contributed by atoms with Crippen molar-refractivity contribution in [2.75, 3.05) is 0 Å². The summed E-state index contributed by atoms with van der Waals surface area (Å²) >= 11 is 0. The van der Waals surface area contributed by atoms with Crippen molar-refractivity contribution in [3.05, 3.63) is 0 Å². The maximum absolute atomic E-state index is 14.3. The zero-order valence-electron chi connectivity index (χ0n) is 29.4. The Morgan fingerprint density at radius 2 is 1.49 bits per heavy atom. The van der Waals surface area contributed by atoms with E-state index in [-0.39, 0.29) is 50.8 Å². The second-order valence-electron chi connectivity index (χ2n) is 18.0. The molecule has 5 rings (SSSR count). The standard InChI is InChI=1S/C39H64O4/c1-11-12-33(42)43-32-17-18-36(8)29(35(32,6)7)16-19-38(10)30(36)14-13-28-34-27(24(2)3)15-20-39(34,22-21-37(28,38)9)31(41)23-25(4)26(5)40/h24-25,27-30,32,34H,11-23H2,1-10H3/t25-,27?,28?,29?,30?,32+,34?,36-,37+,38+,39+/m0/s1. The molecule has 4 heteroatoms. The van der Waals surface area contributed by atoms with Gasteiger partial charge >= 0.3 is 5.97 Å². The molecule has 11 atom stereocenters. The maximum atomic E-state index is 14.3.